The van der Waals surface area contributed by atoms with Crippen molar-refractivity contribution in [1.82, 2.24) is 5.32 Å². The summed E-state index contributed by atoms with van der Waals surface area (Å²) in [5, 5.41) is -0.507. The largest absolute Gasteiger partial charge is 0.418 e. The van der Waals surface area contributed by atoms with Crippen LogP contribution in [0.3, 0.4) is 0 Å². The van der Waals surface area contributed by atoms with Gasteiger partial charge in [-0.2, -0.15) is 13.2 Å². The maximum Gasteiger partial charge on any atom is 0.418 e. The van der Waals surface area contributed by atoms with Crippen molar-refractivity contribution in [3.8, 4) is 0 Å². The minimum Gasteiger partial charge on any atom is -0.282 e. The molecule has 0 aliphatic carbocycles. The highest BCUT2D eigenvalue weighted by atomic mass is 35.5. The van der Waals surface area contributed by atoms with Gasteiger partial charge in [0.05, 0.1) is 17.0 Å². The van der Waals surface area contributed by atoms with E-state index in [-0.39, 0.29) is 10.7 Å². The first-order valence-corrected chi connectivity index (χ1v) is 8.12. The second-order valence-electron chi connectivity index (χ2n) is 4.76. The van der Waals surface area contributed by atoms with Gasteiger partial charge in [-0.3, -0.25) is 14.8 Å². The van der Waals surface area contributed by atoms with Gasteiger partial charge in [0.25, 0.3) is 5.91 Å². The lowest BCUT2D eigenvalue weighted by Crippen LogP contribution is -2.51. The summed E-state index contributed by atoms with van der Waals surface area (Å²) in [5.74, 6) is -1.21. The van der Waals surface area contributed by atoms with Crippen molar-refractivity contribution in [2.24, 2.45) is 4.99 Å². The Morgan fingerprint density at radius 2 is 1.92 bits per heavy atom. The van der Waals surface area contributed by atoms with Gasteiger partial charge >= 0.3 is 12.2 Å². The highest BCUT2D eigenvalue weighted by Crippen LogP contribution is 2.37. The summed E-state index contributed by atoms with van der Waals surface area (Å²) in [7, 11) is -4.64. The van der Waals surface area contributed by atoms with Crippen molar-refractivity contribution in [1.29, 1.82) is 0 Å². The summed E-state index contributed by atoms with van der Waals surface area (Å²) in [6.07, 6.45) is -4.88. The monoisotopic (exact) mass is 383 g/mol. The number of amides is 3. The summed E-state index contributed by atoms with van der Waals surface area (Å²) in [6.45, 7) is 1.10. The van der Waals surface area contributed by atoms with Crippen LogP contribution in [0.4, 0.5) is 23.7 Å². The molecule has 2 N–H and O–H groups in total. The van der Waals surface area contributed by atoms with Gasteiger partial charge in [-0.05, 0) is 25.1 Å². The highest BCUT2D eigenvalue weighted by Gasteiger charge is 2.41. The Bertz CT molecular complexity index is 852. The van der Waals surface area contributed by atoms with Crippen LogP contribution in [0.1, 0.15) is 12.5 Å². The second-order valence-corrected chi connectivity index (χ2v) is 6.96. The molecule has 0 fully saturated rings. The van der Waals surface area contributed by atoms with Gasteiger partial charge in [-0.15, -0.1) is 0 Å². The Morgan fingerprint density at radius 1 is 1.29 bits per heavy atom. The molecule has 0 bridgehead atoms. The van der Waals surface area contributed by atoms with Gasteiger partial charge in [-0.1, -0.05) is 11.6 Å². The molecular weight excluding hydrogens is 375 g/mol. The number of halogens is 4. The zero-order valence-electron chi connectivity index (χ0n) is 11.8. The standard InChI is InChI=1S/C12H9ClF3N3O4S/c1-5-9(10(20)18-11(21)17-5)24(22,23)19-8-3-2-6(13)4-7(8)12(14,15)16/h2-4,9,19H,1H3,(H,18,20,21). The van der Waals surface area contributed by atoms with E-state index in [0.29, 0.717) is 6.07 Å². The van der Waals surface area contributed by atoms with Crippen LogP contribution in [0.2, 0.25) is 5.02 Å². The number of imide groups is 1. The number of benzene rings is 1. The highest BCUT2D eigenvalue weighted by molar-refractivity contribution is 7.94. The van der Waals surface area contributed by atoms with Crippen molar-refractivity contribution in [3.63, 3.8) is 0 Å². The van der Waals surface area contributed by atoms with E-state index in [0.717, 1.165) is 19.1 Å². The number of hydrogen-bond acceptors (Lipinski definition) is 4. The van der Waals surface area contributed by atoms with Crippen molar-refractivity contribution >= 4 is 45.0 Å². The average Bonchev–Trinajstić information content (AvgIpc) is 2.37. The SMILES string of the molecule is CC1=NC(=O)NC(=O)C1S(=O)(=O)Nc1ccc(Cl)cc1C(F)(F)F. The zero-order valence-corrected chi connectivity index (χ0v) is 13.4. The molecule has 12 heteroatoms. The van der Waals surface area contributed by atoms with E-state index in [1.54, 1.807) is 10.0 Å². The molecule has 1 heterocycles. The average molecular weight is 384 g/mol. The Kier molecular flexibility index (Phi) is 4.59. The lowest BCUT2D eigenvalue weighted by atomic mass is 10.2. The quantitative estimate of drug-likeness (QED) is 0.834. The van der Waals surface area contributed by atoms with Gasteiger partial charge in [0.15, 0.2) is 5.25 Å². The van der Waals surface area contributed by atoms with Crippen LogP contribution in [-0.2, 0) is 21.0 Å². The smallest absolute Gasteiger partial charge is 0.282 e. The fraction of sp³-hybridized carbons (Fsp3) is 0.250. The van der Waals surface area contributed by atoms with Crippen LogP contribution in [-0.4, -0.2) is 31.3 Å². The zero-order chi connectivity index (χ0) is 18.3. The third kappa shape index (κ3) is 3.67. The predicted octanol–water partition coefficient (Wildman–Crippen LogP) is 2.18. The number of rotatable bonds is 3. The number of urea groups is 1. The molecule has 0 saturated heterocycles. The van der Waals surface area contributed by atoms with Crippen molar-refractivity contribution in [2.75, 3.05) is 4.72 Å². The molecule has 130 valence electrons. The molecular formula is C12H9ClF3N3O4S. The molecule has 1 aliphatic heterocycles. The van der Waals surface area contributed by atoms with Crippen LogP contribution in [0, 0.1) is 0 Å². The van der Waals surface area contributed by atoms with E-state index < -0.39 is 44.6 Å². The van der Waals surface area contributed by atoms with E-state index >= 15 is 0 Å². The van der Waals surface area contributed by atoms with E-state index in [2.05, 4.69) is 4.99 Å². The summed E-state index contributed by atoms with van der Waals surface area (Å²) in [6, 6.07) is 1.37. The van der Waals surface area contributed by atoms with Crippen LogP contribution in [0.5, 0.6) is 0 Å². The van der Waals surface area contributed by atoms with E-state index in [1.165, 1.54) is 0 Å². The summed E-state index contributed by atoms with van der Waals surface area (Å²) < 4.78 is 65.3. The molecule has 1 unspecified atom stereocenters. The molecule has 0 spiro atoms. The molecule has 2 rings (SSSR count). The first kappa shape index (κ1) is 18.2. The molecule has 0 saturated carbocycles. The first-order valence-electron chi connectivity index (χ1n) is 6.20. The molecule has 1 atom stereocenters. The maximum atomic E-state index is 13.0. The Balaban J connectivity index is 2.46. The number of hydrogen-bond donors (Lipinski definition) is 2. The minimum atomic E-state index is -4.88. The van der Waals surface area contributed by atoms with Gasteiger partial charge in [0.1, 0.15) is 0 Å². The third-order valence-electron chi connectivity index (χ3n) is 2.98. The lowest BCUT2D eigenvalue weighted by Gasteiger charge is -2.22. The number of anilines is 1. The fourth-order valence-electron chi connectivity index (χ4n) is 2.03. The molecule has 0 aromatic heterocycles. The van der Waals surface area contributed by atoms with Crippen LogP contribution < -0.4 is 10.0 Å². The van der Waals surface area contributed by atoms with Gasteiger partial charge < -0.3 is 0 Å². The second kappa shape index (κ2) is 6.06. The molecule has 7 nitrogen and oxygen atoms in total. The number of sulfonamides is 1. The molecule has 24 heavy (non-hydrogen) atoms. The normalized spacial score (nSPS) is 18.9. The topological polar surface area (TPSA) is 105 Å². The van der Waals surface area contributed by atoms with Crippen LogP contribution in [0.15, 0.2) is 23.2 Å². The maximum absolute atomic E-state index is 13.0. The van der Waals surface area contributed by atoms with E-state index in [4.69, 9.17) is 11.6 Å². The van der Waals surface area contributed by atoms with E-state index in [9.17, 15) is 31.2 Å². The number of alkyl halides is 3. The van der Waals surface area contributed by atoms with Gasteiger partial charge in [-0.25, -0.2) is 18.2 Å². The minimum absolute atomic E-state index is 0.246. The molecule has 1 aromatic rings. The Morgan fingerprint density at radius 3 is 2.46 bits per heavy atom. The van der Waals surface area contributed by atoms with E-state index in [1.807, 2.05) is 0 Å². The fourth-order valence-corrected chi connectivity index (χ4v) is 3.64. The summed E-state index contributed by atoms with van der Waals surface area (Å²) in [4.78, 5) is 26.0. The van der Waals surface area contributed by atoms with Crippen LogP contribution in [0.25, 0.3) is 0 Å². The molecule has 1 aliphatic rings. The number of carbonyl (C=O) groups is 2. The van der Waals surface area contributed by atoms with Crippen molar-refractivity contribution in [3.05, 3.63) is 28.8 Å². The molecule has 1 aromatic carbocycles. The van der Waals surface area contributed by atoms with Crippen LogP contribution >= 0.6 is 11.6 Å². The van der Waals surface area contributed by atoms with Gasteiger partial charge in [0.2, 0.25) is 10.0 Å². The van der Waals surface area contributed by atoms with Crippen molar-refractivity contribution < 1.29 is 31.2 Å². The third-order valence-corrected chi connectivity index (χ3v) is 4.89. The summed E-state index contributed by atoms with van der Waals surface area (Å²) >= 11 is 5.51. The number of nitrogens with zero attached hydrogens (tertiary/aromatic N) is 1. The Labute approximate surface area is 138 Å². The number of aliphatic imine (C=N–C) groups is 1. The number of carbonyl (C=O) groups excluding carboxylic acids is 2. The van der Waals surface area contributed by atoms with Gasteiger partial charge in [0, 0.05) is 5.02 Å². The molecule has 3 amide bonds. The Hall–Kier alpha value is -2.14. The molecule has 0 radical (unpaired) electrons. The first-order chi connectivity index (χ1) is 10.9. The number of nitrogens with one attached hydrogen (secondary N) is 2. The van der Waals surface area contributed by atoms with Crippen molar-refractivity contribution in [2.45, 2.75) is 18.3 Å². The summed E-state index contributed by atoms with van der Waals surface area (Å²) in [5.41, 5.74) is -2.48. The lowest BCUT2D eigenvalue weighted by molar-refractivity contribution is -0.136. The predicted molar refractivity (Wildman–Crippen MR) is 79.4 cm³/mol.